The Balaban J connectivity index is 1.50. The first-order valence-corrected chi connectivity index (χ1v) is 11.0. The molecule has 0 unspecified atom stereocenters. The molecule has 0 heterocycles. The van der Waals surface area contributed by atoms with Crippen molar-refractivity contribution >= 4 is 33.2 Å². The highest BCUT2D eigenvalue weighted by Crippen LogP contribution is 2.27. The van der Waals surface area contributed by atoms with Crippen LogP contribution in [-0.2, 0) is 11.3 Å². The highest BCUT2D eigenvalue weighted by atomic mass is 79.9. The Morgan fingerprint density at radius 1 is 0.903 bits per heavy atom. The van der Waals surface area contributed by atoms with Gasteiger partial charge in [-0.25, -0.2) is 0 Å². The van der Waals surface area contributed by atoms with Crippen molar-refractivity contribution in [2.24, 2.45) is 0 Å². The Hall–Kier alpha value is -2.99. The summed E-state index contributed by atoms with van der Waals surface area (Å²) >= 11 is 3.53. The van der Waals surface area contributed by atoms with Gasteiger partial charge in [0, 0.05) is 17.9 Å². The summed E-state index contributed by atoms with van der Waals surface area (Å²) in [7, 11) is 0. The van der Waals surface area contributed by atoms with E-state index in [1.54, 1.807) is 0 Å². The fourth-order valence-corrected chi connectivity index (χ4v) is 3.51. The maximum atomic E-state index is 12.2. The van der Waals surface area contributed by atoms with E-state index in [9.17, 15) is 4.79 Å². The minimum atomic E-state index is -0.198. The van der Waals surface area contributed by atoms with Gasteiger partial charge in [0.15, 0.2) is 6.61 Å². The molecule has 0 aliphatic rings. The van der Waals surface area contributed by atoms with Gasteiger partial charge in [-0.1, -0.05) is 12.1 Å². The van der Waals surface area contributed by atoms with Crippen LogP contribution in [0.2, 0.25) is 0 Å². The number of aryl methyl sites for hydroxylation is 2. The van der Waals surface area contributed by atoms with Crippen molar-refractivity contribution in [1.82, 2.24) is 0 Å². The molecule has 2 N–H and O–H groups in total. The van der Waals surface area contributed by atoms with Gasteiger partial charge in [0.05, 0.1) is 11.1 Å². The van der Waals surface area contributed by atoms with Gasteiger partial charge in [0.25, 0.3) is 5.91 Å². The van der Waals surface area contributed by atoms with E-state index in [0.29, 0.717) is 18.9 Å². The van der Waals surface area contributed by atoms with Gasteiger partial charge in [-0.15, -0.1) is 0 Å². The minimum Gasteiger partial charge on any atom is -0.494 e. The smallest absolute Gasteiger partial charge is 0.262 e. The van der Waals surface area contributed by atoms with Crippen LogP contribution in [0.3, 0.4) is 0 Å². The number of amides is 1. The lowest BCUT2D eigenvalue weighted by Crippen LogP contribution is -2.20. The van der Waals surface area contributed by atoms with Gasteiger partial charge in [-0.05, 0) is 102 Å². The Labute approximate surface area is 191 Å². The van der Waals surface area contributed by atoms with Gasteiger partial charge in [-0.3, -0.25) is 4.79 Å². The monoisotopic (exact) mass is 482 g/mol. The Morgan fingerprint density at radius 3 is 2.32 bits per heavy atom. The fourth-order valence-electron chi connectivity index (χ4n) is 2.97. The van der Waals surface area contributed by atoms with Crippen molar-refractivity contribution in [2.45, 2.75) is 27.3 Å². The molecule has 0 aromatic heterocycles. The third kappa shape index (κ3) is 6.76. The number of hydrogen-bond acceptors (Lipinski definition) is 4. The first kappa shape index (κ1) is 22.7. The van der Waals surface area contributed by atoms with Crippen molar-refractivity contribution in [2.75, 3.05) is 23.8 Å². The van der Waals surface area contributed by atoms with Crippen molar-refractivity contribution in [3.05, 3.63) is 81.8 Å². The molecule has 0 aliphatic heterocycles. The van der Waals surface area contributed by atoms with Crippen molar-refractivity contribution in [3.63, 3.8) is 0 Å². The molecule has 162 valence electrons. The summed E-state index contributed by atoms with van der Waals surface area (Å²) in [6, 6.07) is 19.5. The van der Waals surface area contributed by atoms with E-state index >= 15 is 0 Å². The van der Waals surface area contributed by atoms with Gasteiger partial charge in [0.2, 0.25) is 0 Å². The highest BCUT2D eigenvalue weighted by Gasteiger charge is 2.08. The average molecular weight is 483 g/mol. The second-order valence-electron chi connectivity index (χ2n) is 7.21. The Bertz CT molecular complexity index is 1040. The number of hydrogen-bond donors (Lipinski definition) is 2. The number of nitrogens with one attached hydrogen (secondary N) is 2. The minimum absolute atomic E-state index is 0.0602. The molecule has 6 heteroatoms. The first-order valence-electron chi connectivity index (χ1n) is 10.2. The number of rotatable bonds is 9. The number of halogens is 1. The number of carbonyl (C=O) groups excluding carboxylic acids is 1. The van der Waals surface area contributed by atoms with Crippen LogP contribution in [0.1, 0.15) is 23.6 Å². The van der Waals surface area contributed by atoms with E-state index < -0.39 is 0 Å². The summed E-state index contributed by atoms with van der Waals surface area (Å²) in [5.41, 5.74) is 5.20. The van der Waals surface area contributed by atoms with E-state index in [0.717, 1.165) is 32.7 Å². The molecule has 0 radical (unpaired) electrons. The zero-order valence-corrected chi connectivity index (χ0v) is 19.6. The summed E-state index contributed by atoms with van der Waals surface area (Å²) in [5.74, 6) is 1.29. The molecule has 3 rings (SSSR count). The third-order valence-electron chi connectivity index (χ3n) is 4.81. The molecular weight excluding hydrogens is 456 g/mol. The lowest BCUT2D eigenvalue weighted by Gasteiger charge is -2.12. The number of carbonyl (C=O) groups is 1. The van der Waals surface area contributed by atoms with E-state index in [1.165, 1.54) is 5.56 Å². The van der Waals surface area contributed by atoms with Crippen LogP contribution in [0.5, 0.6) is 11.5 Å². The summed E-state index contributed by atoms with van der Waals surface area (Å²) in [4.78, 5) is 12.2. The number of ether oxygens (including phenoxy) is 2. The Kier molecular flexibility index (Phi) is 7.95. The molecule has 0 aliphatic carbocycles. The maximum absolute atomic E-state index is 12.2. The van der Waals surface area contributed by atoms with Crippen molar-refractivity contribution < 1.29 is 14.3 Å². The SMILES string of the molecule is CCOc1ccc(NCc2ccc(OCC(=O)Nc3ccc(C)c(C)c3)c(Br)c2)cc1. The van der Waals surface area contributed by atoms with Crippen LogP contribution in [0, 0.1) is 13.8 Å². The van der Waals surface area contributed by atoms with Crippen LogP contribution < -0.4 is 20.1 Å². The van der Waals surface area contributed by atoms with Crippen LogP contribution >= 0.6 is 15.9 Å². The van der Waals surface area contributed by atoms with Gasteiger partial charge in [0.1, 0.15) is 11.5 Å². The maximum Gasteiger partial charge on any atom is 0.262 e. The normalized spacial score (nSPS) is 10.5. The van der Waals surface area contributed by atoms with Crippen molar-refractivity contribution in [3.8, 4) is 11.5 Å². The zero-order chi connectivity index (χ0) is 22.2. The van der Waals surface area contributed by atoms with Gasteiger partial charge < -0.3 is 20.1 Å². The largest absolute Gasteiger partial charge is 0.494 e. The van der Waals surface area contributed by atoms with E-state index in [-0.39, 0.29) is 12.5 Å². The average Bonchev–Trinajstić information content (AvgIpc) is 2.75. The molecule has 3 aromatic rings. The summed E-state index contributed by atoms with van der Waals surface area (Å²) in [5, 5.41) is 6.24. The molecule has 3 aromatic carbocycles. The molecule has 31 heavy (non-hydrogen) atoms. The summed E-state index contributed by atoms with van der Waals surface area (Å²) in [6.07, 6.45) is 0. The Morgan fingerprint density at radius 2 is 1.65 bits per heavy atom. The second-order valence-corrected chi connectivity index (χ2v) is 8.07. The number of anilines is 2. The van der Waals surface area contributed by atoms with E-state index in [4.69, 9.17) is 9.47 Å². The molecule has 0 spiro atoms. The predicted octanol–water partition coefficient (Wildman–Crippen LogP) is 6.09. The van der Waals surface area contributed by atoms with Crippen LogP contribution in [0.4, 0.5) is 11.4 Å². The molecular formula is C25H27BrN2O3. The van der Waals surface area contributed by atoms with E-state index in [1.807, 2.05) is 81.4 Å². The molecule has 5 nitrogen and oxygen atoms in total. The van der Waals surface area contributed by atoms with Crippen LogP contribution in [0.15, 0.2) is 65.1 Å². The summed E-state index contributed by atoms with van der Waals surface area (Å²) < 4.78 is 11.9. The molecule has 0 bridgehead atoms. The van der Waals surface area contributed by atoms with Crippen LogP contribution in [-0.4, -0.2) is 19.1 Å². The number of benzene rings is 3. The van der Waals surface area contributed by atoms with Gasteiger partial charge >= 0.3 is 0 Å². The zero-order valence-electron chi connectivity index (χ0n) is 18.0. The lowest BCUT2D eigenvalue weighted by molar-refractivity contribution is -0.118. The second kappa shape index (κ2) is 10.9. The lowest BCUT2D eigenvalue weighted by atomic mass is 10.1. The molecule has 0 saturated heterocycles. The topological polar surface area (TPSA) is 59.6 Å². The molecule has 0 fully saturated rings. The van der Waals surface area contributed by atoms with E-state index in [2.05, 4.69) is 26.6 Å². The molecule has 0 saturated carbocycles. The van der Waals surface area contributed by atoms with Crippen molar-refractivity contribution in [1.29, 1.82) is 0 Å². The molecule has 1 amide bonds. The van der Waals surface area contributed by atoms with Gasteiger partial charge in [-0.2, -0.15) is 0 Å². The quantitative estimate of drug-likeness (QED) is 0.387. The standard InChI is InChI=1S/C25H27BrN2O3/c1-4-30-22-10-8-20(9-11-22)27-15-19-6-12-24(23(26)14-19)31-16-25(29)28-21-7-5-17(2)18(3)13-21/h5-14,27H,4,15-16H2,1-3H3,(H,28,29). The fraction of sp³-hybridized carbons (Fsp3) is 0.240. The third-order valence-corrected chi connectivity index (χ3v) is 5.43. The molecule has 0 atom stereocenters. The summed E-state index contributed by atoms with van der Waals surface area (Å²) in [6.45, 7) is 7.29. The first-order chi connectivity index (χ1) is 14.9. The van der Waals surface area contributed by atoms with Crippen LogP contribution in [0.25, 0.3) is 0 Å². The predicted molar refractivity (Wildman–Crippen MR) is 129 cm³/mol. The highest BCUT2D eigenvalue weighted by molar-refractivity contribution is 9.10.